The minimum atomic E-state index is -0.292. The second kappa shape index (κ2) is 6.03. The normalized spacial score (nSPS) is 15.0. The summed E-state index contributed by atoms with van der Waals surface area (Å²) < 4.78 is 5.34. The highest BCUT2D eigenvalue weighted by Gasteiger charge is 2.00. The van der Waals surface area contributed by atoms with Crippen molar-refractivity contribution in [2.45, 2.75) is 27.0 Å². The van der Waals surface area contributed by atoms with E-state index in [4.69, 9.17) is 10.5 Å². The topological polar surface area (TPSA) is 47.3 Å². The Morgan fingerprint density at radius 2 is 2.17 bits per heavy atom. The number of nitrogens with two attached hydrogens (primary N) is 1. The van der Waals surface area contributed by atoms with Crippen LogP contribution >= 0.6 is 0 Å². The maximum Gasteiger partial charge on any atom is 0.126 e. The van der Waals surface area contributed by atoms with Crippen molar-refractivity contribution in [3.63, 3.8) is 0 Å². The molecular formula is C9H20N2O. The number of hydrogen-bond donors (Lipinski definition) is 2. The summed E-state index contributed by atoms with van der Waals surface area (Å²) in [4.78, 5) is 0. The van der Waals surface area contributed by atoms with Gasteiger partial charge >= 0.3 is 0 Å². The molecule has 0 aliphatic heterocycles. The molecule has 0 heterocycles. The van der Waals surface area contributed by atoms with Crippen LogP contribution in [0, 0.1) is 5.92 Å². The lowest BCUT2D eigenvalue weighted by molar-refractivity contribution is 0.0685. The molecule has 0 radical (unpaired) electrons. The number of nitrogens with one attached hydrogen (secondary N) is 1. The predicted octanol–water partition coefficient (Wildman–Crippen LogP) is 1.07. The Morgan fingerprint density at radius 3 is 2.58 bits per heavy atom. The molecule has 72 valence electrons. The van der Waals surface area contributed by atoms with Crippen molar-refractivity contribution < 1.29 is 4.74 Å². The Kier molecular flexibility index (Phi) is 5.76. The van der Waals surface area contributed by atoms with Gasteiger partial charge in [0.05, 0.1) is 6.61 Å². The summed E-state index contributed by atoms with van der Waals surface area (Å²) in [6, 6.07) is 0. The average molecular weight is 172 g/mol. The SMILES string of the molecule is CN/C(C)=C\[C@@H](N)OCC(C)C. The van der Waals surface area contributed by atoms with Gasteiger partial charge < -0.3 is 15.8 Å². The van der Waals surface area contributed by atoms with Crippen molar-refractivity contribution in [3.05, 3.63) is 11.8 Å². The molecule has 0 aromatic rings. The van der Waals surface area contributed by atoms with Crippen molar-refractivity contribution in [1.82, 2.24) is 5.32 Å². The minimum Gasteiger partial charge on any atom is -0.392 e. The highest BCUT2D eigenvalue weighted by Crippen LogP contribution is 1.97. The van der Waals surface area contributed by atoms with E-state index >= 15 is 0 Å². The van der Waals surface area contributed by atoms with Crippen LogP contribution in [0.25, 0.3) is 0 Å². The summed E-state index contributed by atoms with van der Waals surface area (Å²) in [5.74, 6) is 0.527. The van der Waals surface area contributed by atoms with Gasteiger partial charge in [-0.05, 0) is 18.9 Å². The Bertz CT molecular complexity index is 143. The lowest BCUT2D eigenvalue weighted by Crippen LogP contribution is -2.24. The van der Waals surface area contributed by atoms with Gasteiger partial charge in [0.25, 0.3) is 0 Å². The molecule has 0 bridgehead atoms. The summed E-state index contributed by atoms with van der Waals surface area (Å²) in [5.41, 5.74) is 6.69. The highest BCUT2D eigenvalue weighted by atomic mass is 16.5. The van der Waals surface area contributed by atoms with Crippen LogP contribution in [-0.2, 0) is 4.74 Å². The van der Waals surface area contributed by atoms with Crippen molar-refractivity contribution in [2.75, 3.05) is 13.7 Å². The Labute approximate surface area is 75.0 Å². The molecule has 0 unspecified atom stereocenters. The van der Waals surface area contributed by atoms with E-state index in [1.165, 1.54) is 0 Å². The fraction of sp³-hybridized carbons (Fsp3) is 0.778. The lowest BCUT2D eigenvalue weighted by Gasteiger charge is -2.12. The summed E-state index contributed by atoms with van der Waals surface area (Å²) in [7, 11) is 1.86. The largest absolute Gasteiger partial charge is 0.392 e. The molecule has 0 saturated heterocycles. The van der Waals surface area contributed by atoms with Crippen molar-refractivity contribution in [1.29, 1.82) is 0 Å². The molecule has 3 nitrogen and oxygen atoms in total. The number of hydrogen-bond acceptors (Lipinski definition) is 3. The Balaban J connectivity index is 3.65. The smallest absolute Gasteiger partial charge is 0.126 e. The second-order valence-corrected chi connectivity index (χ2v) is 3.29. The third-order valence-electron chi connectivity index (χ3n) is 1.43. The van der Waals surface area contributed by atoms with E-state index in [2.05, 4.69) is 19.2 Å². The second-order valence-electron chi connectivity index (χ2n) is 3.29. The van der Waals surface area contributed by atoms with E-state index in [0.717, 1.165) is 5.70 Å². The Morgan fingerprint density at radius 1 is 1.58 bits per heavy atom. The van der Waals surface area contributed by atoms with Crippen LogP contribution in [0.3, 0.4) is 0 Å². The molecule has 0 saturated carbocycles. The summed E-state index contributed by atoms with van der Waals surface area (Å²) >= 11 is 0. The quantitative estimate of drug-likeness (QED) is 0.610. The fourth-order valence-electron chi connectivity index (χ4n) is 0.681. The van der Waals surface area contributed by atoms with Gasteiger partial charge in [-0.2, -0.15) is 0 Å². The highest BCUT2D eigenvalue weighted by molar-refractivity contribution is 4.97. The predicted molar refractivity (Wildman–Crippen MR) is 51.6 cm³/mol. The van der Waals surface area contributed by atoms with Gasteiger partial charge in [-0.15, -0.1) is 0 Å². The summed E-state index contributed by atoms with van der Waals surface area (Å²) in [5, 5.41) is 2.98. The molecule has 0 spiro atoms. The first kappa shape index (κ1) is 11.5. The number of ether oxygens (including phenoxy) is 1. The molecule has 0 aliphatic rings. The van der Waals surface area contributed by atoms with Crippen molar-refractivity contribution >= 4 is 0 Å². The summed E-state index contributed by atoms with van der Waals surface area (Å²) in [6.45, 7) is 6.86. The first-order chi connectivity index (χ1) is 5.56. The maximum absolute atomic E-state index is 5.66. The standard InChI is InChI=1S/C9H20N2O/c1-7(2)6-12-9(10)5-8(3)11-4/h5,7,9,11H,6,10H2,1-4H3/b8-5-/t9-/m0/s1. The van der Waals surface area contributed by atoms with Crippen molar-refractivity contribution in [2.24, 2.45) is 11.7 Å². The van der Waals surface area contributed by atoms with Gasteiger partial charge in [-0.1, -0.05) is 13.8 Å². The molecule has 0 amide bonds. The molecule has 0 aromatic carbocycles. The molecule has 0 fully saturated rings. The zero-order valence-electron chi connectivity index (χ0n) is 8.42. The molecule has 1 atom stereocenters. The molecule has 12 heavy (non-hydrogen) atoms. The lowest BCUT2D eigenvalue weighted by atomic mass is 10.2. The maximum atomic E-state index is 5.66. The molecular weight excluding hydrogens is 152 g/mol. The average Bonchev–Trinajstić information content (AvgIpc) is 2.00. The van der Waals surface area contributed by atoms with E-state index in [9.17, 15) is 0 Å². The van der Waals surface area contributed by atoms with Gasteiger partial charge in [0.2, 0.25) is 0 Å². The van der Waals surface area contributed by atoms with Crippen LogP contribution in [-0.4, -0.2) is 19.9 Å². The minimum absolute atomic E-state index is 0.292. The van der Waals surface area contributed by atoms with Crippen LogP contribution in [0.2, 0.25) is 0 Å². The van der Waals surface area contributed by atoms with E-state index in [1.807, 2.05) is 20.0 Å². The van der Waals surface area contributed by atoms with E-state index < -0.39 is 0 Å². The van der Waals surface area contributed by atoms with Crippen LogP contribution in [0.15, 0.2) is 11.8 Å². The third kappa shape index (κ3) is 6.19. The number of allylic oxidation sites excluding steroid dienone is 1. The van der Waals surface area contributed by atoms with Gasteiger partial charge in [-0.25, -0.2) is 0 Å². The monoisotopic (exact) mass is 172 g/mol. The molecule has 3 N–H and O–H groups in total. The van der Waals surface area contributed by atoms with Gasteiger partial charge in [-0.3, -0.25) is 0 Å². The molecule has 0 aliphatic carbocycles. The zero-order valence-corrected chi connectivity index (χ0v) is 8.42. The van der Waals surface area contributed by atoms with Crippen LogP contribution in [0.4, 0.5) is 0 Å². The van der Waals surface area contributed by atoms with Gasteiger partial charge in [0, 0.05) is 12.7 Å². The van der Waals surface area contributed by atoms with Crippen LogP contribution < -0.4 is 11.1 Å². The van der Waals surface area contributed by atoms with E-state index in [0.29, 0.717) is 12.5 Å². The van der Waals surface area contributed by atoms with E-state index in [1.54, 1.807) is 0 Å². The third-order valence-corrected chi connectivity index (χ3v) is 1.43. The van der Waals surface area contributed by atoms with Gasteiger partial charge in [0.1, 0.15) is 6.23 Å². The van der Waals surface area contributed by atoms with Crippen LogP contribution in [0.5, 0.6) is 0 Å². The Hall–Kier alpha value is -0.540. The molecule has 0 rings (SSSR count). The van der Waals surface area contributed by atoms with Crippen molar-refractivity contribution in [3.8, 4) is 0 Å². The fourth-order valence-corrected chi connectivity index (χ4v) is 0.681. The number of rotatable bonds is 5. The van der Waals surface area contributed by atoms with E-state index in [-0.39, 0.29) is 6.23 Å². The molecule has 3 heteroatoms. The summed E-state index contributed by atoms with van der Waals surface area (Å²) in [6.07, 6.45) is 1.57. The first-order valence-corrected chi connectivity index (χ1v) is 4.29. The zero-order chi connectivity index (χ0) is 9.56. The first-order valence-electron chi connectivity index (χ1n) is 4.29. The van der Waals surface area contributed by atoms with Crippen LogP contribution in [0.1, 0.15) is 20.8 Å². The molecule has 0 aromatic heterocycles. The van der Waals surface area contributed by atoms with Gasteiger partial charge in [0.15, 0.2) is 0 Å².